The van der Waals surface area contributed by atoms with Gasteiger partial charge in [0, 0.05) is 12.5 Å². The van der Waals surface area contributed by atoms with E-state index in [1.165, 1.54) is 13.2 Å². The summed E-state index contributed by atoms with van der Waals surface area (Å²) in [4.78, 5) is 27.4. The maximum atomic E-state index is 14.2. The van der Waals surface area contributed by atoms with E-state index in [-0.39, 0.29) is 17.3 Å². The first-order valence-corrected chi connectivity index (χ1v) is 9.16. The molecular weight excluding hydrogens is 422 g/mol. The number of oxazole rings is 1. The fraction of sp³-hybridized carbons (Fsp3) is 0.316. The monoisotopic (exact) mass is 437 g/mol. The lowest BCUT2D eigenvalue weighted by atomic mass is 9.96. The Kier molecular flexibility index (Phi) is 5.29. The van der Waals surface area contributed by atoms with Crippen LogP contribution in [0.4, 0.5) is 17.6 Å². The Balaban J connectivity index is 1.60. The molecular formula is C19H15F4N5O3. The van der Waals surface area contributed by atoms with Crippen molar-refractivity contribution in [3.05, 3.63) is 53.3 Å². The molecule has 0 bridgehead atoms. The van der Waals surface area contributed by atoms with E-state index in [0.717, 1.165) is 12.4 Å². The van der Waals surface area contributed by atoms with Crippen LogP contribution in [0.15, 0.2) is 29.1 Å². The molecule has 1 N–H and O–H groups in total. The van der Waals surface area contributed by atoms with Gasteiger partial charge >= 0.3 is 6.18 Å². The highest BCUT2D eigenvalue weighted by Crippen LogP contribution is 2.34. The number of nitrogens with zero attached hydrogens (tertiary/aromatic N) is 4. The van der Waals surface area contributed by atoms with Crippen molar-refractivity contribution >= 4 is 5.91 Å². The molecule has 1 amide bonds. The Morgan fingerprint density at radius 1 is 1.26 bits per heavy atom. The van der Waals surface area contributed by atoms with Gasteiger partial charge in [0.05, 0.1) is 37.3 Å². The Labute approximate surface area is 172 Å². The molecule has 1 atom stereocenters. The molecule has 3 aromatic heterocycles. The number of fused-ring (bicyclic) bond motifs is 1. The molecule has 1 aliphatic rings. The number of aromatic nitrogens is 4. The number of ether oxygens (including phenoxy) is 1. The van der Waals surface area contributed by atoms with Crippen LogP contribution in [-0.4, -0.2) is 33.0 Å². The van der Waals surface area contributed by atoms with Crippen molar-refractivity contribution in [1.29, 1.82) is 0 Å². The van der Waals surface area contributed by atoms with Crippen LogP contribution < -0.4 is 10.1 Å². The molecule has 0 fully saturated rings. The summed E-state index contributed by atoms with van der Waals surface area (Å²) < 4.78 is 63.4. The van der Waals surface area contributed by atoms with E-state index in [1.54, 1.807) is 0 Å². The number of amides is 1. The topological polar surface area (TPSA) is 103 Å². The summed E-state index contributed by atoms with van der Waals surface area (Å²) in [6.45, 7) is 0. The highest BCUT2D eigenvalue weighted by molar-refractivity contribution is 5.92. The van der Waals surface area contributed by atoms with Crippen LogP contribution >= 0.6 is 0 Å². The molecule has 1 aliphatic carbocycles. The largest absolute Gasteiger partial charge is 0.481 e. The molecule has 0 saturated carbocycles. The molecule has 0 spiro atoms. The van der Waals surface area contributed by atoms with Crippen LogP contribution in [0.3, 0.4) is 0 Å². The number of aryl methyl sites for hydroxylation is 1. The Morgan fingerprint density at radius 3 is 2.81 bits per heavy atom. The lowest BCUT2D eigenvalue weighted by Crippen LogP contribution is -2.32. The maximum Gasteiger partial charge on any atom is 0.434 e. The van der Waals surface area contributed by atoms with E-state index in [1.807, 2.05) is 0 Å². The van der Waals surface area contributed by atoms with Gasteiger partial charge in [-0.05, 0) is 12.8 Å². The predicted molar refractivity (Wildman–Crippen MR) is 96.4 cm³/mol. The molecule has 0 unspecified atom stereocenters. The molecule has 0 aromatic carbocycles. The normalized spacial score (nSPS) is 16.0. The minimum atomic E-state index is -4.72. The van der Waals surface area contributed by atoms with E-state index >= 15 is 0 Å². The minimum Gasteiger partial charge on any atom is -0.481 e. The van der Waals surface area contributed by atoms with Crippen LogP contribution in [0.25, 0.3) is 11.5 Å². The number of pyridine rings is 1. The third-order valence-electron chi connectivity index (χ3n) is 4.69. The molecule has 4 rings (SSSR count). The standard InChI is InChI=1S/C19H15F4N5O3/c1-30-15-5-9(10(20)6-25-15)18-28-16-11(3-2-4-13(16)31-18)27-17(29)12-7-24-8-14(26-12)19(21,22)23/h5-8,11H,2-4H2,1H3,(H,27,29)/t11-/m1/s1. The summed E-state index contributed by atoms with van der Waals surface area (Å²) in [5, 5.41) is 2.61. The van der Waals surface area contributed by atoms with E-state index in [9.17, 15) is 22.4 Å². The number of carbonyl (C=O) groups excluding carboxylic acids is 1. The molecule has 8 nitrogen and oxygen atoms in total. The number of rotatable bonds is 4. The molecule has 3 heterocycles. The lowest BCUT2D eigenvalue weighted by Gasteiger charge is -2.21. The van der Waals surface area contributed by atoms with Gasteiger partial charge in [0.1, 0.15) is 17.1 Å². The number of nitrogens with one attached hydrogen (secondary N) is 1. The second-order valence-corrected chi connectivity index (χ2v) is 6.74. The van der Waals surface area contributed by atoms with Crippen molar-refractivity contribution in [3.8, 4) is 17.3 Å². The van der Waals surface area contributed by atoms with Crippen molar-refractivity contribution in [2.24, 2.45) is 0 Å². The highest BCUT2D eigenvalue weighted by atomic mass is 19.4. The van der Waals surface area contributed by atoms with Gasteiger partial charge in [-0.3, -0.25) is 9.78 Å². The average molecular weight is 437 g/mol. The Morgan fingerprint density at radius 2 is 2.06 bits per heavy atom. The van der Waals surface area contributed by atoms with Crippen LogP contribution in [0.2, 0.25) is 0 Å². The zero-order chi connectivity index (χ0) is 22.2. The summed E-state index contributed by atoms with van der Waals surface area (Å²) in [5.74, 6) is -0.891. The molecule has 162 valence electrons. The van der Waals surface area contributed by atoms with Gasteiger partial charge in [-0.1, -0.05) is 0 Å². The quantitative estimate of drug-likeness (QED) is 0.623. The van der Waals surface area contributed by atoms with E-state index in [4.69, 9.17) is 9.15 Å². The summed E-state index contributed by atoms with van der Waals surface area (Å²) in [6, 6.07) is 0.690. The van der Waals surface area contributed by atoms with Crippen molar-refractivity contribution < 1.29 is 31.5 Å². The number of alkyl halides is 3. The third kappa shape index (κ3) is 4.18. The molecule has 12 heteroatoms. The molecule has 3 aromatic rings. The van der Waals surface area contributed by atoms with Gasteiger partial charge in [-0.15, -0.1) is 0 Å². The van der Waals surface area contributed by atoms with Crippen molar-refractivity contribution in [2.75, 3.05) is 7.11 Å². The zero-order valence-electron chi connectivity index (χ0n) is 16.0. The van der Waals surface area contributed by atoms with E-state index in [2.05, 4.69) is 25.3 Å². The van der Waals surface area contributed by atoms with Crippen LogP contribution in [0.1, 0.15) is 46.5 Å². The number of carbonyl (C=O) groups is 1. The predicted octanol–water partition coefficient (Wildman–Crippen LogP) is 3.50. The first-order valence-electron chi connectivity index (χ1n) is 9.16. The van der Waals surface area contributed by atoms with Crippen molar-refractivity contribution in [1.82, 2.24) is 25.3 Å². The van der Waals surface area contributed by atoms with E-state index < -0.39 is 35.3 Å². The minimum absolute atomic E-state index is 0.0109. The summed E-state index contributed by atoms with van der Waals surface area (Å²) in [7, 11) is 1.38. The van der Waals surface area contributed by atoms with Crippen LogP contribution in [0, 0.1) is 5.82 Å². The lowest BCUT2D eigenvalue weighted by molar-refractivity contribution is -0.141. The van der Waals surface area contributed by atoms with Gasteiger partial charge in [0.25, 0.3) is 5.91 Å². The summed E-state index contributed by atoms with van der Waals surface area (Å²) >= 11 is 0. The fourth-order valence-electron chi connectivity index (χ4n) is 3.21. The fourth-order valence-corrected chi connectivity index (χ4v) is 3.21. The van der Waals surface area contributed by atoms with Crippen molar-refractivity contribution in [3.63, 3.8) is 0 Å². The smallest absolute Gasteiger partial charge is 0.434 e. The number of hydrogen-bond donors (Lipinski definition) is 1. The molecule has 0 aliphatic heterocycles. The van der Waals surface area contributed by atoms with Crippen molar-refractivity contribution in [2.45, 2.75) is 31.5 Å². The number of hydrogen-bond acceptors (Lipinski definition) is 7. The molecule has 31 heavy (non-hydrogen) atoms. The van der Waals surface area contributed by atoms with Crippen LogP contribution in [-0.2, 0) is 12.6 Å². The average Bonchev–Trinajstić information content (AvgIpc) is 3.19. The second-order valence-electron chi connectivity index (χ2n) is 6.74. The van der Waals surface area contributed by atoms with Gasteiger partial charge in [0.2, 0.25) is 11.8 Å². The summed E-state index contributed by atoms with van der Waals surface area (Å²) in [5.41, 5.74) is -1.33. The Hall–Kier alpha value is -3.57. The SMILES string of the molecule is COc1cc(-c2nc3c(o2)CCC[C@H]3NC(=O)c2cncc(C(F)(F)F)n2)c(F)cn1. The second kappa shape index (κ2) is 7.93. The highest BCUT2D eigenvalue weighted by Gasteiger charge is 2.34. The number of methoxy groups -OCH3 is 1. The maximum absolute atomic E-state index is 14.2. The number of halogens is 4. The first-order chi connectivity index (χ1) is 14.8. The third-order valence-corrected chi connectivity index (χ3v) is 4.69. The Bertz CT molecular complexity index is 1130. The molecule has 0 radical (unpaired) electrons. The van der Waals surface area contributed by atoms with E-state index in [0.29, 0.717) is 36.9 Å². The zero-order valence-corrected chi connectivity index (χ0v) is 16.0. The van der Waals surface area contributed by atoms with Gasteiger partial charge in [-0.25, -0.2) is 19.3 Å². The van der Waals surface area contributed by atoms with Crippen LogP contribution in [0.5, 0.6) is 5.88 Å². The van der Waals surface area contributed by atoms with Gasteiger partial charge in [0.15, 0.2) is 11.5 Å². The molecule has 0 saturated heterocycles. The first kappa shape index (κ1) is 20.7. The van der Waals surface area contributed by atoms with Gasteiger partial charge in [-0.2, -0.15) is 13.2 Å². The summed E-state index contributed by atoms with van der Waals surface area (Å²) in [6.07, 6.45) is -0.650. The van der Waals surface area contributed by atoms with Gasteiger partial charge < -0.3 is 14.5 Å².